The number of allylic oxidation sites excluding steroid dienone is 2. The van der Waals surface area contributed by atoms with E-state index in [2.05, 4.69) is 13.0 Å². The van der Waals surface area contributed by atoms with Crippen molar-refractivity contribution >= 4 is 11.8 Å². The monoisotopic (exact) mass is 304 g/mol. The van der Waals surface area contributed by atoms with Gasteiger partial charge >= 0.3 is 5.97 Å². The van der Waals surface area contributed by atoms with Gasteiger partial charge in [0.25, 0.3) is 0 Å². The Balaban J connectivity index is 1.98. The molecule has 0 spiro atoms. The van der Waals surface area contributed by atoms with Crippen molar-refractivity contribution in [2.75, 3.05) is 0 Å². The van der Waals surface area contributed by atoms with Crippen LogP contribution in [0.5, 0.6) is 0 Å². The van der Waals surface area contributed by atoms with Crippen molar-refractivity contribution in [2.24, 2.45) is 11.8 Å². The summed E-state index contributed by atoms with van der Waals surface area (Å²) < 4.78 is 12.0. The molecule has 0 amide bonds. The maximum absolute atomic E-state index is 11.8. The summed E-state index contributed by atoms with van der Waals surface area (Å²) in [7, 11) is 0. The fourth-order valence-electron chi connectivity index (χ4n) is 4.22. The lowest BCUT2D eigenvalue weighted by Gasteiger charge is -2.37. The first kappa shape index (κ1) is 15.5. The molecule has 1 fully saturated rings. The molecular weight excluding hydrogens is 280 g/mol. The zero-order chi connectivity index (χ0) is 15.9. The van der Waals surface area contributed by atoms with Crippen molar-refractivity contribution < 1.29 is 19.1 Å². The molecule has 4 heteroatoms. The summed E-state index contributed by atoms with van der Waals surface area (Å²) in [4.78, 5) is 23.4. The molecular formula is C18H24O4. The summed E-state index contributed by atoms with van der Waals surface area (Å²) in [6.45, 7) is 5.53. The van der Waals surface area contributed by atoms with Crippen LogP contribution in [0.4, 0.5) is 0 Å². The minimum atomic E-state index is -0.644. The molecule has 2 heterocycles. The fourth-order valence-corrected chi connectivity index (χ4v) is 4.22. The molecule has 0 saturated carbocycles. The Kier molecular flexibility index (Phi) is 3.98. The predicted octanol–water partition coefficient (Wildman–Crippen LogP) is 2.97. The van der Waals surface area contributed by atoms with Gasteiger partial charge in [-0.3, -0.25) is 9.59 Å². The Bertz CT molecular complexity index is 547. The molecule has 5 atom stereocenters. The van der Waals surface area contributed by atoms with Gasteiger partial charge in [-0.25, -0.2) is 0 Å². The molecule has 2 aliphatic heterocycles. The molecule has 3 aliphatic rings. The number of fused-ring (bicyclic) bond motifs is 5. The lowest BCUT2D eigenvalue weighted by atomic mass is 9.73. The number of carbonyl (C=O) groups excluding carboxylic acids is 2. The molecule has 0 aromatic heterocycles. The molecule has 0 unspecified atom stereocenters. The van der Waals surface area contributed by atoms with Gasteiger partial charge in [-0.15, -0.1) is 0 Å². The third-order valence-corrected chi connectivity index (χ3v) is 5.22. The molecule has 0 N–H and O–H groups in total. The van der Waals surface area contributed by atoms with Gasteiger partial charge in [0.15, 0.2) is 5.78 Å². The average molecular weight is 304 g/mol. The van der Waals surface area contributed by atoms with Crippen LogP contribution in [0.1, 0.15) is 46.5 Å². The second-order valence-electron chi connectivity index (χ2n) is 7.07. The summed E-state index contributed by atoms with van der Waals surface area (Å²) in [5, 5.41) is 0. The SMILES string of the molecule is CC(=O)O[C@]1(C)CC/C=C(/C)C[C@H]2O[C@@H]1[C@@H]1C=CC(=O)C[C@@H]12. The first-order valence-corrected chi connectivity index (χ1v) is 8.11. The lowest BCUT2D eigenvalue weighted by Crippen LogP contribution is -2.47. The Morgan fingerprint density at radius 3 is 2.91 bits per heavy atom. The Morgan fingerprint density at radius 2 is 2.18 bits per heavy atom. The average Bonchev–Trinajstić information content (AvgIpc) is 2.78. The Labute approximate surface area is 131 Å². The van der Waals surface area contributed by atoms with Crippen LogP contribution < -0.4 is 0 Å². The summed E-state index contributed by atoms with van der Waals surface area (Å²) in [6, 6.07) is 0. The van der Waals surface area contributed by atoms with Gasteiger partial charge in [0.1, 0.15) is 11.7 Å². The highest BCUT2D eigenvalue weighted by Gasteiger charge is 2.53. The van der Waals surface area contributed by atoms with Crippen molar-refractivity contribution in [2.45, 2.75) is 64.3 Å². The number of ether oxygens (including phenoxy) is 2. The van der Waals surface area contributed by atoms with Crippen molar-refractivity contribution in [3.8, 4) is 0 Å². The van der Waals surface area contributed by atoms with Crippen molar-refractivity contribution in [3.63, 3.8) is 0 Å². The minimum Gasteiger partial charge on any atom is -0.457 e. The molecule has 2 bridgehead atoms. The molecule has 0 aromatic carbocycles. The van der Waals surface area contributed by atoms with E-state index in [1.165, 1.54) is 12.5 Å². The first-order valence-electron chi connectivity index (χ1n) is 8.11. The highest BCUT2D eigenvalue weighted by molar-refractivity contribution is 5.90. The van der Waals surface area contributed by atoms with Crippen LogP contribution in [0.15, 0.2) is 23.8 Å². The zero-order valence-corrected chi connectivity index (χ0v) is 13.5. The predicted molar refractivity (Wildman–Crippen MR) is 82.2 cm³/mol. The maximum Gasteiger partial charge on any atom is 0.303 e. The van der Waals surface area contributed by atoms with Crippen molar-refractivity contribution in [1.29, 1.82) is 0 Å². The minimum absolute atomic E-state index is 0.0353. The van der Waals surface area contributed by atoms with Gasteiger partial charge < -0.3 is 9.47 Å². The standard InChI is InChI=1S/C18H24O4/c1-11-5-4-8-18(3,22-12(2)19)17-14-7-6-13(20)10-15(14)16(9-11)21-17/h5-7,14-17H,4,8-10H2,1-3H3/b11-5-/t14-,15+,16-,17-,18-/m1/s1. The van der Waals surface area contributed by atoms with E-state index >= 15 is 0 Å². The molecule has 22 heavy (non-hydrogen) atoms. The summed E-state index contributed by atoms with van der Waals surface area (Å²) in [5.41, 5.74) is 0.647. The third kappa shape index (κ3) is 2.76. The van der Waals surface area contributed by atoms with Crippen LogP contribution in [0, 0.1) is 11.8 Å². The maximum atomic E-state index is 11.8. The van der Waals surface area contributed by atoms with E-state index in [0.29, 0.717) is 6.42 Å². The van der Waals surface area contributed by atoms with Crippen LogP contribution in [-0.2, 0) is 19.1 Å². The van der Waals surface area contributed by atoms with Gasteiger partial charge in [-0.05, 0) is 39.2 Å². The molecule has 1 aliphatic carbocycles. The zero-order valence-electron chi connectivity index (χ0n) is 13.5. The quantitative estimate of drug-likeness (QED) is 0.552. The van der Waals surface area contributed by atoms with Crippen LogP contribution in [0.2, 0.25) is 0 Å². The molecule has 0 aromatic rings. The largest absolute Gasteiger partial charge is 0.457 e. The van der Waals surface area contributed by atoms with Crippen LogP contribution in [0.25, 0.3) is 0 Å². The molecule has 120 valence electrons. The van der Waals surface area contributed by atoms with Gasteiger partial charge in [-0.2, -0.15) is 0 Å². The van der Waals surface area contributed by atoms with E-state index in [4.69, 9.17) is 9.47 Å². The smallest absolute Gasteiger partial charge is 0.303 e. The van der Waals surface area contributed by atoms with Crippen LogP contribution in [-0.4, -0.2) is 29.6 Å². The molecule has 3 rings (SSSR count). The van der Waals surface area contributed by atoms with Crippen molar-refractivity contribution in [3.05, 3.63) is 23.8 Å². The summed E-state index contributed by atoms with van der Waals surface area (Å²) in [5.74, 6) is 0.238. The number of rotatable bonds is 1. The van der Waals surface area contributed by atoms with E-state index in [-0.39, 0.29) is 35.8 Å². The second-order valence-corrected chi connectivity index (χ2v) is 7.07. The normalized spacial score (nSPS) is 43.4. The first-order chi connectivity index (χ1) is 10.4. The van der Waals surface area contributed by atoms with Crippen LogP contribution in [0.3, 0.4) is 0 Å². The molecule has 0 radical (unpaired) electrons. The highest BCUT2D eigenvalue weighted by atomic mass is 16.6. The van der Waals surface area contributed by atoms with E-state index in [0.717, 1.165) is 19.3 Å². The third-order valence-electron chi connectivity index (χ3n) is 5.22. The number of hydrogen-bond donors (Lipinski definition) is 0. The van der Waals surface area contributed by atoms with E-state index < -0.39 is 5.60 Å². The Hall–Kier alpha value is -1.42. The van der Waals surface area contributed by atoms with Gasteiger partial charge in [0.05, 0.1) is 6.10 Å². The second kappa shape index (κ2) is 5.65. The number of hydrogen-bond acceptors (Lipinski definition) is 4. The van der Waals surface area contributed by atoms with E-state index in [9.17, 15) is 9.59 Å². The fraction of sp³-hybridized carbons (Fsp3) is 0.667. The van der Waals surface area contributed by atoms with Crippen LogP contribution >= 0.6 is 0 Å². The van der Waals surface area contributed by atoms with Gasteiger partial charge in [0, 0.05) is 25.2 Å². The van der Waals surface area contributed by atoms with E-state index in [1.807, 2.05) is 13.0 Å². The lowest BCUT2D eigenvalue weighted by molar-refractivity contribution is -0.175. The Morgan fingerprint density at radius 1 is 1.41 bits per heavy atom. The number of esters is 1. The summed E-state index contributed by atoms with van der Waals surface area (Å²) >= 11 is 0. The molecule has 1 saturated heterocycles. The van der Waals surface area contributed by atoms with Gasteiger partial charge in [0.2, 0.25) is 0 Å². The van der Waals surface area contributed by atoms with Crippen molar-refractivity contribution in [1.82, 2.24) is 0 Å². The topological polar surface area (TPSA) is 52.6 Å². The molecule has 4 nitrogen and oxygen atoms in total. The summed E-state index contributed by atoms with van der Waals surface area (Å²) in [6.07, 6.45) is 8.73. The highest BCUT2D eigenvalue weighted by Crippen LogP contribution is 2.47. The van der Waals surface area contributed by atoms with E-state index in [1.54, 1.807) is 6.08 Å². The number of ketones is 1. The van der Waals surface area contributed by atoms with Gasteiger partial charge in [-0.1, -0.05) is 17.7 Å². The number of carbonyl (C=O) groups is 2.